The number of benzene rings is 2. The van der Waals surface area contributed by atoms with Crippen molar-refractivity contribution in [2.45, 2.75) is 38.3 Å². The molecule has 0 radical (unpaired) electrons. The second-order valence-electron chi connectivity index (χ2n) is 7.99. The lowest BCUT2D eigenvalue weighted by molar-refractivity contribution is -0.131. The second kappa shape index (κ2) is 10.5. The number of urea groups is 1. The summed E-state index contributed by atoms with van der Waals surface area (Å²) < 4.78 is 12.2. The van der Waals surface area contributed by atoms with Crippen LogP contribution in [0.5, 0.6) is 11.5 Å². The topological polar surface area (TPSA) is 84.9 Å². The first-order chi connectivity index (χ1) is 16.3. The van der Waals surface area contributed by atoms with Gasteiger partial charge in [-0.3, -0.25) is 19.8 Å². The molecule has 4 rings (SSSR count). The first kappa shape index (κ1) is 24.8. The molecule has 1 aliphatic carbocycles. The molecule has 2 aliphatic rings. The Morgan fingerprint density at radius 1 is 1.15 bits per heavy atom. The average Bonchev–Trinajstić information content (AvgIpc) is 3.31. The van der Waals surface area contributed by atoms with Crippen molar-refractivity contribution >= 4 is 69.7 Å². The van der Waals surface area contributed by atoms with Crippen LogP contribution in [0.15, 0.2) is 35.9 Å². The van der Waals surface area contributed by atoms with Crippen LogP contribution in [0.4, 0.5) is 4.79 Å². The van der Waals surface area contributed by atoms with Crippen LogP contribution in [0.1, 0.15) is 36.8 Å². The summed E-state index contributed by atoms with van der Waals surface area (Å²) >= 11 is 14.3. The number of ether oxygens (including phenoxy) is 2. The molecule has 0 bridgehead atoms. The number of nitrogens with zero attached hydrogens (tertiary/aromatic N) is 1. The molecule has 1 saturated heterocycles. The molecule has 1 N–H and O–H groups in total. The van der Waals surface area contributed by atoms with E-state index >= 15 is 0 Å². The Hall–Kier alpha value is -2.30. The van der Waals surface area contributed by atoms with Gasteiger partial charge < -0.3 is 9.47 Å². The molecule has 0 aromatic heterocycles. The van der Waals surface area contributed by atoms with E-state index in [1.807, 2.05) is 0 Å². The number of carbonyl (C=O) groups is 3. The maximum atomic E-state index is 13.1. The number of halogens is 3. The van der Waals surface area contributed by atoms with Crippen molar-refractivity contribution in [1.29, 1.82) is 0 Å². The summed E-state index contributed by atoms with van der Waals surface area (Å²) in [7, 11) is 1.50. The van der Waals surface area contributed by atoms with Crippen LogP contribution >= 0.6 is 45.8 Å². The van der Waals surface area contributed by atoms with Crippen LogP contribution in [-0.4, -0.2) is 35.9 Å². The zero-order chi connectivity index (χ0) is 24.4. The van der Waals surface area contributed by atoms with Crippen molar-refractivity contribution < 1.29 is 23.9 Å². The van der Waals surface area contributed by atoms with Crippen molar-refractivity contribution in [1.82, 2.24) is 10.2 Å². The number of barbiturate groups is 1. The Bertz CT molecular complexity index is 1190. The Kier molecular flexibility index (Phi) is 7.69. The lowest BCUT2D eigenvalue weighted by Crippen LogP contribution is -2.57. The van der Waals surface area contributed by atoms with Gasteiger partial charge in [0.05, 0.1) is 10.7 Å². The second-order valence-corrected chi connectivity index (χ2v) is 10.00. The number of amides is 4. The van der Waals surface area contributed by atoms with Crippen molar-refractivity contribution in [2.24, 2.45) is 0 Å². The van der Waals surface area contributed by atoms with Gasteiger partial charge in [-0.25, -0.2) is 4.79 Å². The molecule has 7 nitrogen and oxygen atoms in total. The lowest BCUT2D eigenvalue weighted by atomic mass is 10.0. The first-order valence-corrected chi connectivity index (χ1v) is 12.5. The van der Waals surface area contributed by atoms with Crippen LogP contribution in [-0.2, 0) is 16.2 Å². The van der Waals surface area contributed by atoms with Gasteiger partial charge in [-0.05, 0) is 71.3 Å². The average molecular weight is 615 g/mol. The van der Waals surface area contributed by atoms with Gasteiger partial charge in [-0.15, -0.1) is 0 Å². The molecule has 1 heterocycles. The molecule has 2 fully saturated rings. The fraction of sp³-hybridized carbons (Fsp3) is 0.292. The van der Waals surface area contributed by atoms with Gasteiger partial charge in [0, 0.05) is 21.7 Å². The molecule has 2 aromatic rings. The minimum atomic E-state index is -0.712. The molecule has 0 atom stereocenters. The van der Waals surface area contributed by atoms with Gasteiger partial charge in [-0.2, -0.15) is 0 Å². The molecule has 1 aliphatic heterocycles. The fourth-order valence-electron chi connectivity index (χ4n) is 4.08. The third kappa shape index (κ3) is 5.18. The van der Waals surface area contributed by atoms with Crippen molar-refractivity contribution in [3.05, 3.63) is 60.6 Å². The molecule has 2 aromatic carbocycles. The summed E-state index contributed by atoms with van der Waals surface area (Å²) in [5.41, 5.74) is 1.24. The number of nitrogens with one attached hydrogen (secondary N) is 1. The Morgan fingerprint density at radius 2 is 1.88 bits per heavy atom. The van der Waals surface area contributed by atoms with Gasteiger partial charge >= 0.3 is 6.03 Å². The SMILES string of the molecule is COc1cc(/C=C2\C(=O)NC(=O)N(C3CCCC3)C2=O)cc(I)c1OCc1ccc(Cl)cc1Cl. The Labute approximate surface area is 220 Å². The molecule has 178 valence electrons. The number of methoxy groups -OCH3 is 1. The van der Waals surface area contributed by atoms with E-state index < -0.39 is 17.8 Å². The first-order valence-electron chi connectivity index (χ1n) is 10.6. The molecule has 0 spiro atoms. The third-order valence-electron chi connectivity index (χ3n) is 5.77. The fourth-order valence-corrected chi connectivity index (χ4v) is 5.33. The molecule has 1 saturated carbocycles. The van der Waals surface area contributed by atoms with Crippen molar-refractivity contribution in [3.8, 4) is 11.5 Å². The summed E-state index contributed by atoms with van der Waals surface area (Å²) in [4.78, 5) is 39.0. The van der Waals surface area contributed by atoms with Crippen LogP contribution in [0.2, 0.25) is 10.0 Å². The highest BCUT2D eigenvalue weighted by atomic mass is 127. The van der Waals surface area contributed by atoms with E-state index in [0.717, 1.165) is 31.2 Å². The number of carbonyl (C=O) groups excluding carboxylic acids is 3. The maximum Gasteiger partial charge on any atom is 0.331 e. The predicted octanol–water partition coefficient (Wildman–Crippen LogP) is 5.59. The quantitative estimate of drug-likeness (QED) is 0.261. The van der Waals surface area contributed by atoms with Crippen LogP contribution < -0.4 is 14.8 Å². The van der Waals surface area contributed by atoms with Crippen LogP contribution in [0.3, 0.4) is 0 Å². The maximum absolute atomic E-state index is 13.1. The highest BCUT2D eigenvalue weighted by molar-refractivity contribution is 14.1. The van der Waals surface area contributed by atoms with Crippen molar-refractivity contribution in [2.75, 3.05) is 7.11 Å². The third-order valence-corrected chi connectivity index (χ3v) is 7.16. The molecule has 0 unspecified atom stereocenters. The van der Waals surface area contributed by atoms with Gasteiger partial charge in [0.1, 0.15) is 12.2 Å². The van der Waals surface area contributed by atoms with E-state index in [-0.39, 0.29) is 18.2 Å². The largest absolute Gasteiger partial charge is 0.493 e. The lowest BCUT2D eigenvalue weighted by Gasteiger charge is -2.31. The van der Waals surface area contributed by atoms with E-state index in [1.165, 1.54) is 18.1 Å². The Balaban J connectivity index is 1.60. The van der Waals surface area contributed by atoms with E-state index in [0.29, 0.717) is 30.7 Å². The predicted molar refractivity (Wildman–Crippen MR) is 137 cm³/mol. The van der Waals surface area contributed by atoms with E-state index in [2.05, 4.69) is 27.9 Å². The van der Waals surface area contributed by atoms with Gasteiger partial charge in [-0.1, -0.05) is 42.1 Å². The molecule has 4 amide bonds. The summed E-state index contributed by atoms with van der Waals surface area (Å²) in [5.74, 6) is -0.363. The van der Waals surface area contributed by atoms with Crippen molar-refractivity contribution in [3.63, 3.8) is 0 Å². The number of hydrogen-bond acceptors (Lipinski definition) is 5. The molecule has 34 heavy (non-hydrogen) atoms. The summed E-state index contributed by atoms with van der Waals surface area (Å²) in [6, 6.07) is 7.76. The molecular formula is C24H21Cl2IN2O5. The smallest absolute Gasteiger partial charge is 0.331 e. The highest BCUT2D eigenvalue weighted by Gasteiger charge is 2.40. The number of hydrogen-bond donors (Lipinski definition) is 1. The van der Waals surface area contributed by atoms with E-state index in [4.69, 9.17) is 32.7 Å². The zero-order valence-electron chi connectivity index (χ0n) is 18.2. The van der Waals surface area contributed by atoms with Crippen LogP contribution in [0, 0.1) is 3.57 Å². The highest BCUT2D eigenvalue weighted by Crippen LogP contribution is 2.36. The minimum absolute atomic E-state index is 0.0917. The summed E-state index contributed by atoms with van der Waals surface area (Å²) in [5, 5.41) is 3.32. The number of rotatable bonds is 6. The molecule has 10 heteroatoms. The van der Waals surface area contributed by atoms with E-state index in [1.54, 1.807) is 30.3 Å². The zero-order valence-corrected chi connectivity index (χ0v) is 21.9. The number of imide groups is 2. The standard InChI is InChI=1S/C24H21Cl2IN2O5/c1-33-20-10-13(9-19(27)21(20)34-12-14-6-7-15(25)11-18(14)26)8-17-22(30)28-24(32)29(23(17)31)16-4-2-3-5-16/h6-11,16H,2-5,12H2,1H3,(H,28,30,32)/b17-8+. The van der Waals surface area contributed by atoms with Gasteiger partial charge in [0.2, 0.25) is 0 Å². The Morgan fingerprint density at radius 3 is 2.56 bits per heavy atom. The van der Waals surface area contributed by atoms with E-state index in [9.17, 15) is 14.4 Å². The molecular weight excluding hydrogens is 594 g/mol. The normalized spacial score (nSPS) is 17.9. The summed E-state index contributed by atoms with van der Waals surface area (Å²) in [6.45, 7) is 0.197. The summed E-state index contributed by atoms with van der Waals surface area (Å²) in [6.07, 6.45) is 4.86. The minimum Gasteiger partial charge on any atom is -0.493 e. The monoisotopic (exact) mass is 614 g/mol. The van der Waals surface area contributed by atoms with Gasteiger partial charge in [0.15, 0.2) is 11.5 Å². The van der Waals surface area contributed by atoms with Crippen LogP contribution in [0.25, 0.3) is 6.08 Å². The van der Waals surface area contributed by atoms with Gasteiger partial charge in [0.25, 0.3) is 11.8 Å².